The smallest absolute Gasteiger partial charge is 0.305 e. The standard InChI is InChI=1S/C18H29N3O3.HI/c1-14-8-9-16(23-3)15(13-14)10-12-21-18(19-2)20-11-6-5-7-17(22)24-4;/h8-9,13H,5-7,10-12H2,1-4H3,(H2,19,20,21);1H. The zero-order valence-electron chi connectivity index (χ0n) is 15.6. The first kappa shape index (κ1) is 23.5. The molecule has 142 valence electrons. The summed E-state index contributed by atoms with van der Waals surface area (Å²) in [5.74, 6) is 1.51. The van der Waals surface area contributed by atoms with E-state index in [0.717, 1.165) is 44.1 Å². The zero-order valence-corrected chi connectivity index (χ0v) is 17.9. The quantitative estimate of drug-likeness (QED) is 0.194. The van der Waals surface area contributed by atoms with Gasteiger partial charge in [-0.3, -0.25) is 9.79 Å². The van der Waals surface area contributed by atoms with Gasteiger partial charge in [-0.05, 0) is 37.8 Å². The molecule has 0 aliphatic rings. The van der Waals surface area contributed by atoms with Crippen LogP contribution in [0.15, 0.2) is 23.2 Å². The Morgan fingerprint density at radius 2 is 1.88 bits per heavy atom. The largest absolute Gasteiger partial charge is 0.496 e. The monoisotopic (exact) mass is 463 g/mol. The number of hydrogen-bond acceptors (Lipinski definition) is 4. The van der Waals surface area contributed by atoms with Gasteiger partial charge in [0.1, 0.15) is 5.75 Å². The van der Waals surface area contributed by atoms with Gasteiger partial charge < -0.3 is 20.1 Å². The Kier molecular flexibility index (Phi) is 12.9. The van der Waals surface area contributed by atoms with Gasteiger partial charge in [-0.1, -0.05) is 17.7 Å². The molecule has 0 aromatic heterocycles. The summed E-state index contributed by atoms with van der Waals surface area (Å²) >= 11 is 0. The Morgan fingerprint density at radius 1 is 1.16 bits per heavy atom. The van der Waals surface area contributed by atoms with Crippen LogP contribution in [-0.2, 0) is 16.0 Å². The van der Waals surface area contributed by atoms with Gasteiger partial charge in [0.05, 0.1) is 14.2 Å². The fraction of sp³-hybridized carbons (Fsp3) is 0.556. The van der Waals surface area contributed by atoms with Crippen molar-refractivity contribution in [2.45, 2.75) is 32.6 Å². The lowest BCUT2D eigenvalue weighted by Gasteiger charge is -2.13. The summed E-state index contributed by atoms with van der Waals surface area (Å²) in [5, 5.41) is 6.53. The molecule has 0 heterocycles. The second-order valence-electron chi connectivity index (χ2n) is 5.52. The van der Waals surface area contributed by atoms with Crippen molar-refractivity contribution in [1.82, 2.24) is 10.6 Å². The molecule has 0 radical (unpaired) electrons. The number of methoxy groups -OCH3 is 2. The lowest BCUT2D eigenvalue weighted by atomic mass is 10.1. The predicted molar refractivity (Wildman–Crippen MR) is 112 cm³/mol. The van der Waals surface area contributed by atoms with E-state index in [1.165, 1.54) is 18.2 Å². The first-order valence-corrected chi connectivity index (χ1v) is 8.25. The summed E-state index contributed by atoms with van der Waals surface area (Å²) in [4.78, 5) is 15.2. The van der Waals surface area contributed by atoms with Crippen molar-refractivity contribution in [3.8, 4) is 5.75 Å². The molecule has 0 unspecified atom stereocenters. The molecule has 0 saturated carbocycles. The molecule has 25 heavy (non-hydrogen) atoms. The van der Waals surface area contributed by atoms with Gasteiger partial charge in [-0.25, -0.2) is 0 Å². The van der Waals surface area contributed by atoms with E-state index in [1.54, 1.807) is 14.2 Å². The molecule has 0 bridgehead atoms. The molecule has 0 spiro atoms. The first-order chi connectivity index (χ1) is 11.6. The van der Waals surface area contributed by atoms with Crippen molar-refractivity contribution in [2.75, 3.05) is 34.4 Å². The highest BCUT2D eigenvalue weighted by molar-refractivity contribution is 14.0. The molecule has 0 aliphatic carbocycles. The molecule has 2 N–H and O–H groups in total. The zero-order chi connectivity index (χ0) is 17.8. The average Bonchev–Trinajstić information content (AvgIpc) is 2.59. The van der Waals surface area contributed by atoms with Crippen molar-refractivity contribution in [1.29, 1.82) is 0 Å². The number of nitrogens with zero attached hydrogens (tertiary/aromatic N) is 1. The van der Waals surface area contributed by atoms with E-state index < -0.39 is 0 Å². The molecule has 0 aliphatic heterocycles. The minimum atomic E-state index is -0.162. The number of benzene rings is 1. The summed E-state index contributed by atoms with van der Waals surface area (Å²) in [5.41, 5.74) is 2.40. The summed E-state index contributed by atoms with van der Waals surface area (Å²) < 4.78 is 10.0. The van der Waals surface area contributed by atoms with Gasteiger partial charge in [-0.2, -0.15) is 0 Å². The van der Waals surface area contributed by atoms with Gasteiger partial charge in [-0.15, -0.1) is 24.0 Å². The van der Waals surface area contributed by atoms with Crippen LogP contribution in [0.4, 0.5) is 0 Å². The number of unbranched alkanes of at least 4 members (excludes halogenated alkanes) is 1. The maximum Gasteiger partial charge on any atom is 0.305 e. The van der Waals surface area contributed by atoms with E-state index in [9.17, 15) is 4.79 Å². The molecule has 0 fully saturated rings. The van der Waals surface area contributed by atoms with Crippen LogP contribution in [0.5, 0.6) is 5.75 Å². The van der Waals surface area contributed by atoms with Crippen molar-refractivity contribution >= 4 is 35.9 Å². The molecule has 0 atom stereocenters. The number of ether oxygens (including phenoxy) is 2. The maximum absolute atomic E-state index is 11.0. The van der Waals surface area contributed by atoms with Gasteiger partial charge >= 0.3 is 5.97 Å². The molecule has 0 saturated heterocycles. The minimum absolute atomic E-state index is 0. The highest BCUT2D eigenvalue weighted by Gasteiger charge is 2.04. The average molecular weight is 463 g/mol. The molecule has 1 rings (SSSR count). The number of halogens is 1. The number of hydrogen-bond donors (Lipinski definition) is 2. The number of nitrogens with one attached hydrogen (secondary N) is 2. The summed E-state index contributed by atoms with van der Waals surface area (Å²) in [7, 11) is 4.85. The number of aliphatic imine (C=N–C) groups is 1. The first-order valence-electron chi connectivity index (χ1n) is 8.25. The van der Waals surface area contributed by atoms with Gasteiger partial charge in [0.2, 0.25) is 0 Å². The Bertz CT molecular complexity index is 550. The Balaban J connectivity index is 0.00000576. The van der Waals surface area contributed by atoms with Crippen LogP contribution in [-0.4, -0.2) is 46.3 Å². The highest BCUT2D eigenvalue weighted by Crippen LogP contribution is 2.19. The summed E-state index contributed by atoms with van der Waals surface area (Å²) in [6.07, 6.45) is 3.00. The van der Waals surface area contributed by atoms with Crippen molar-refractivity contribution in [3.63, 3.8) is 0 Å². The molecule has 0 amide bonds. The van der Waals surface area contributed by atoms with E-state index in [2.05, 4.69) is 33.4 Å². The normalized spacial score (nSPS) is 10.6. The second kappa shape index (κ2) is 13.7. The Hall–Kier alpha value is -1.51. The van der Waals surface area contributed by atoms with Crippen LogP contribution in [0, 0.1) is 6.92 Å². The van der Waals surface area contributed by atoms with Crippen molar-refractivity contribution in [2.24, 2.45) is 4.99 Å². The molecule has 1 aromatic rings. The summed E-state index contributed by atoms with van der Waals surface area (Å²) in [6.45, 7) is 3.61. The van der Waals surface area contributed by atoms with E-state index >= 15 is 0 Å². The third kappa shape index (κ3) is 9.52. The fourth-order valence-corrected chi connectivity index (χ4v) is 2.34. The second-order valence-corrected chi connectivity index (χ2v) is 5.52. The van der Waals surface area contributed by atoms with Crippen LogP contribution < -0.4 is 15.4 Å². The number of esters is 1. The number of rotatable bonds is 9. The number of carbonyl (C=O) groups excluding carboxylic acids is 1. The molecule has 7 heteroatoms. The SMILES string of the molecule is CN=C(NCCCCC(=O)OC)NCCc1cc(C)ccc1OC.I. The number of guanidine groups is 1. The third-order valence-electron chi connectivity index (χ3n) is 3.67. The van der Waals surface area contributed by atoms with E-state index in [4.69, 9.17) is 4.74 Å². The lowest BCUT2D eigenvalue weighted by Crippen LogP contribution is -2.38. The van der Waals surface area contributed by atoms with Crippen molar-refractivity contribution < 1.29 is 14.3 Å². The van der Waals surface area contributed by atoms with E-state index in [1.807, 2.05) is 12.1 Å². The van der Waals surface area contributed by atoms with Crippen LogP contribution in [0.3, 0.4) is 0 Å². The Labute approximate surface area is 167 Å². The van der Waals surface area contributed by atoms with Crippen molar-refractivity contribution in [3.05, 3.63) is 29.3 Å². The van der Waals surface area contributed by atoms with E-state index in [0.29, 0.717) is 6.42 Å². The topological polar surface area (TPSA) is 72.0 Å². The number of aryl methyl sites for hydroxylation is 1. The minimum Gasteiger partial charge on any atom is -0.496 e. The predicted octanol–water partition coefficient (Wildman–Crippen LogP) is 2.67. The van der Waals surface area contributed by atoms with Gasteiger partial charge in [0.25, 0.3) is 0 Å². The van der Waals surface area contributed by atoms with Gasteiger partial charge in [0.15, 0.2) is 5.96 Å². The van der Waals surface area contributed by atoms with Crippen LogP contribution >= 0.6 is 24.0 Å². The highest BCUT2D eigenvalue weighted by atomic mass is 127. The van der Waals surface area contributed by atoms with Gasteiger partial charge in [0, 0.05) is 26.6 Å². The maximum atomic E-state index is 11.0. The van der Waals surface area contributed by atoms with Crippen LogP contribution in [0.2, 0.25) is 0 Å². The van der Waals surface area contributed by atoms with Crippen LogP contribution in [0.25, 0.3) is 0 Å². The molecular formula is C18H30IN3O3. The lowest BCUT2D eigenvalue weighted by molar-refractivity contribution is -0.140. The van der Waals surface area contributed by atoms with E-state index in [-0.39, 0.29) is 29.9 Å². The molecular weight excluding hydrogens is 433 g/mol. The Morgan fingerprint density at radius 3 is 2.52 bits per heavy atom. The molecule has 1 aromatic carbocycles. The third-order valence-corrected chi connectivity index (χ3v) is 3.67. The molecule has 6 nitrogen and oxygen atoms in total. The summed E-state index contributed by atoms with van der Waals surface area (Å²) in [6, 6.07) is 6.19. The van der Waals surface area contributed by atoms with Crippen LogP contribution in [0.1, 0.15) is 30.4 Å². The number of carbonyl (C=O) groups is 1. The fourth-order valence-electron chi connectivity index (χ4n) is 2.34.